The number of para-hydroxylation sites is 1. The molecule has 0 saturated heterocycles. The molecule has 4 heterocycles. The number of oxime groups is 1. The third kappa shape index (κ3) is 5.86. The molecule has 0 atom stereocenters. The quantitative estimate of drug-likeness (QED) is 0.134. The number of fused-ring (bicyclic) bond motifs is 3. The van der Waals surface area contributed by atoms with Crippen LogP contribution in [0.15, 0.2) is 169 Å². The molecule has 0 fully saturated rings. The number of nitrogens with one attached hydrogen (secondary N) is 1. The van der Waals surface area contributed by atoms with Crippen molar-refractivity contribution in [2.75, 3.05) is 0 Å². The minimum Gasteiger partial charge on any atom is -0.410 e. The van der Waals surface area contributed by atoms with Crippen molar-refractivity contribution in [3.8, 4) is 56.3 Å². The summed E-state index contributed by atoms with van der Waals surface area (Å²) in [6, 6.07) is 50.2. The van der Waals surface area contributed by atoms with Gasteiger partial charge >= 0.3 is 0 Å². The van der Waals surface area contributed by atoms with E-state index in [9.17, 15) is 5.21 Å². The minimum atomic E-state index is 0.167. The van der Waals surface area contributed by atoms with Gasteiger partial charge in [-0.15, -0.1) is 0 Å². The van der Waals surface area contributed by atoms with Crippen LogP contribution < -0.4 is 0 Å². The molecule has 4 aromatic heterocycles. The highest BCUT2D eigenvalue weighted by atomic mass is 16.4. The Morgan fingerprint density at radius 3 is 1.62 bits per heavy atom. The maximum absolute atomic E-state index is 10.3. The molecule has 7 nitrogen and oxygen atoms in total. The van der Waals surface area contributed by atoms with Crippen LogP contribution in [-0.2, 0) is 0 Å². The molecular formula is C46H30N6O. The number of benzene rings is 4. The zero-order chi connectivity index (χ0) is 35.7. The molecule has 0 bridgehead atoms. The van der Waals surface area contributed by atoms with Gasteiger partial charge in [0.15, 0.2) is 0 Å². The SMILES string of the molecule is N=C1C(c2ccccc2)=Cc2c(-c3ccc(-c4ccc(-c5cc(-c6ccccn6)nc(-c6ccccn6)c5)cc4)cc3)nc3ccccc3c2/C1=N/O. The van der Waals surface area contributed by atoms with Crippen molar-refractivity contribution in [3.05, 3.63) is 181 Å². The van der Waals surface area contributed by atoms with Crippen LogP contribution in [0, 0.1) is 5.41 Å². The average molecular weight is 683 g/mol. The van der Waals surface area contributed by atoms with Crippen molar-refractivity contribution in [1.82, 2.24) is 19.9 Å². The number of hydrogen-bond donors (Lipinski definition) is 2. The summed E-state index contributed by atoms with van der Waals surface area (Å²) in [7, 11) is 0. The van der Waals surface area contributed by atoms with E-state index in [0.717, 1.165) is 78.3 Å². The Labute approximate surface area is 305 Å². The molecule has 0 radical (unpaired) electrons. The summed E-state index contributed by atoms with van der Waals surface area (Å²) in [4.78, 5) is 19.1. The van der Waals surface area contributed by atoms with Crippen LogP contribution in [0.5, 0.6) is 0 Å². The van der Waals surface area contributed by atoms with E-state index in [-0.39, 0.29) is 11.4 Å². The van der Waals surface area contributed by atoms with Crippen LogP contribution in [0.4, 0.5) is 0 Å². The van der Waals surface area contributed by atoms with Gasteiger partial charge in [0, 0.05) is 40.0 Å². The summed E-state index contributed by atoms with van der Waals surface area (Å²) in [6.07, 6.45) is 5.56. The number of aromatic nitrogens is 4. The summed E-state index contributed by atoms with van der Waals surface area (Å²) >= 11 is 0. The molecule has 250 valence electrons. The van der Waals surface area contributed by atoms with Gasteiger partial charge in [-0.3, -0.25) is 15.4 Å². The van der Waals surface area contributed by atoms with Crippen molar-refractivity contribution in [2.45, 2.75) is 0 Å². The first-order valence-corrected chi connectivity index (χ1v) is 17.2. The first-order chi connectivity index (χ1) is 26.1. The highest BCUT2D eigenvalue weighted by Crippen LogP contribution is 2.39. The number of allylic oxidation sites excluding steroid dienone is 1. The van der Waals surface area contributed by atoms with Gasteiger partial charge in [0.25, 0.3) is 0 Å². The van der Waals surface area contributed by atoms with Crippen molar-refractivity contribution in [2.24, 2.45) is 5.16 Å². The van der Waals surface area contributed by atoms with Crippen LogP contribution in [0.2, 0.25) is 0 Å². The van der Waals surface area contributed by atoms with Crippen LogP contribution in [0.25, 0.3) is 78.8 Å². The molecular weight excluding hydrogens is 653 g/mol. The van der Waals surface area contributed by atoms with Gasteiger partial charge in [0.05, 0.1) is 39.7 Å². The summed E-state index contributed by atoms with van der Waals surface area (Å²) in [5.41, 5.74) is 13.3. The fourth-order valence-corrected chi connectivity index (χ4v) is 6.92. The van der Waals surface area contributed by atoms with E-state index in [4.69, 9.17) is 15.4 Å². The largest absolute Gasteiger partial charge is 0.410 e. The van der Waals surface area contributed by atoms with Crippen molar-refractivity contribution < 1.29 is 5.21 Å². The summed E-state index contributed by atoms with van der Waals surface area (Å²) < 4.78 is 0. The van der Waals surface area contributed by atoms with E-state index in [0.29, 0.717) is 11.1 Å². The number of hydrogen-bond acceptors (Lipinski definition) is 7. The Kier molecular flexibility index (Phi) is 7.98. The van der Waals surface area contributed by atoms with Crippen LogP contribution in [-0.4, -0.2) is 36.6 Å². The van der Waals surface area contributed by atoms with E-state index >= 15 is 0 Å². The predicted molar refractivity (Wildman–Crippen MR) is 213 cm³/mol. The third-order valence-corrected chi connectivity index (χ3v) is 9.54. The Bertz CT molecular complexity index is 2650. The first kappa shape index (κ1) is 31.6. The van der Waals surface area contributed by atoms with E-state index in [2.05, 4.69) is 75.8 Å². The fraction of sp³-hybridized carbons (Fsp3) is 0. The molecule has 0 spiro atoms. The van der Waals surface area contributed by atoms with E-state index in [1.54, 1.807) is 12.4 Å². The highest BCUT2D eigenvalue weighted by Gasteiger charge is 2.29. The van der Waals surface area contributed by atoms with Gasteiger partial charge in [0.2, 0.25) is 0 Å². The van der Waals surface area contributed by atoms with Crippen molar-refractivity contribution in [1.29, 1.82) is 5.41 Å². The fourth-order valence-electron chi connectivity index (χ4n) is 6.92. The van der Waals surface area contributed by atoms with E-state index in [1.165, 1.54) is 0 Å². The first-order valence-electron chi connectivity index (χ1n) is 17.2. The van der Waals surface area contributed by atoms with Gasteiger partial charge in [-0.25, -0.2) is 9.97 Å². The van der Waals surface area contributed by atoms with Gasteiger partial charge in [0.1, 0.15) is 5.71 Å². The summed E-state index contributed by atoms with van der Waals surface area (Å²) in [5.74, 6) is 0. The molecule has 2 N–H and O–H groups in total. The van der Waals surface area contributed by atoms with Crippen molar-refractivity contribution in [3.63, 3.8) is 0 Å². The van der Waals surface area contributed by atoms with E-state index < -0.39 is 0 Å². The normalized spacial score (nSPS) is 13.2. The smallest absolute Gasteiger partial charge is 0.136 e. The molecule has 7 heteroatoms. The molecule has 9 rings (SSSR count). The number of nitrogens with zero attached hydrogens (tertiary/aromatic N) is 5. The minimum absolute atomic E-state index is 0.167. The zero-order valence-electron chi connectivity index (χ0n) is 28.3. The Morgan fingerprint density at radius 2 is 1.04 bits per heavy atom. The number of rotatable bonds is 6. The molecule has 0 unspecified atom stereocenters. The second-order valence-corrected chi connectivity index (χ2v) is 12.7. The summed E-state index contributed by atoms with van der Waals surface area (Å²) in [5, 5.41) is 23.8. The molecule has 4 aromatic carbocycles. The maximum atomic E-state index is 10.3. The third-order valence-electron chi connectivity index (χ3n) is 9.54. The highest BCUT2D eigenvalue weighted by molar-refractivity contribution is 6.65. The second kappa shape index (κ2) is 13.4. The zero-order valence-corrected chi connectivity index (χ0v) is 28.3. The molecule has 0 saturated carbocycles. The molecule has 53 heavy (non-hydrogen) atoms. The predicted octanol–water partition coefficient (Wildman–Crippen LogP) is 10.5. The van der Waals surface area contributed by atoms with E-state index in [1.807, 2.05) is 97.1 Å². The maximum Gasteiger partial charge on any atom is 0.136 e. The molecule has 0 aliphatic heterocycles. The molecule has 0 amide bonds. The lowest BCUT2D eigenvalue weighted by molar-refractivity contribution is 0.320. The van der Waals surface area contributed by atoms with Crippen LogP contribution in [0.1, 0.15) is 16.7 Å². The summed E-state index contributed by atoms with van der Waals surface area (Å²) in [6.45, 7) is 0. The molecule has 8 aromatic rings. The van der Waals surface area contributed by atoms with Gasteiger partial charge in [-0.2, -0.15) is 0 Å². The Morgan fingerprint density at radius 1 is 0.491 bits per heavy atom. The standard InChI is InChI=1S/C46H30N6O/c47-44-36(32-10-2-1-3-11-32)28-37-43(46(44)52-53)35-12-4-5-13-38(35)51-45(37)33-22-20-30(21-23-33)29-16-18-31(19-17-29)34-26-41(39-14-6-8-24-48-39)50-42(27-34)40-15-7-9-25-49-40/h1-28,47,53H/b47-44?,52-46-. The van der Waals surface area contributed by atoms with Gasteiger partial charge in [-0.05, 0) is 76.4 Å². The van der Waals surface area contributed by atoms with Gasteiger partial charge < -0.3 is 5.21 Å². The Hall–Kier alpha value is -7.38. The lowest BCUT2D eigenvalue weighted by Gasteiger charge is -2.23. The van der Waals surface area contributed by atoms with Crippen molar-refractivity contribution >= 4 is 34.0 Å². The van der Waals surface area contributed by atoms with Crippen LogP contribution >= 0.6 is 0 Å². The molecule has 1 aliphatic rings. The van der Waals surface area contributed by atoms with Crippen LogP contribution in [0.3, 0.4) is 0 Å². The lowest BCUT2D eigenvalue weighted by Crippen LogP contribution is -2.22. The Balaban J connectivity index is 1.09. The molecule has 1 aliphatic carbocycles. The lowest BCUT2D eigenvalue weighted by atomic mass is 9.82. The topological polar surface area (TPSA) is 108 Å². The number of pyridine rings is 4. The monoisotopic (exact) mass is 682 g/mol. The second-order valence-electron chi connectivity index (χ2n) is 12.7. The average Bonchev–Trinajstić information content (AvgIpc) is 3.24. The van der Waals surface area contributed by atoms with Gasteiger partial charge in [-0.1, -0.05) is 114 Å².